The highest BCUT2D eigenvalue weighted by atomic mass is 35.5. The first kappa shape index (κ1) is 27.0. The molecule has 0 saturated carbocycles. The maximum Gasteiger partial charge on any atom is 0.413 e. The molecule has 0 aliphatic rings. The van der Waals surface area contributed by atoms with Crippen molar-refractivity contribution in [2.45, 2.75) is 39.3 Å². The molecule has 0 radical (unpaired) electrons. The summed E-state index contributed by atoms with van der Waals surface area (Å²) in [7, 11) is 0. The van der Waals surface area contributed by atoms with E-state index in [0.717, 1.165) is 38.6 Å². The van der Waals surface area contributed by atoms with E-state index in [4.69, 9.17) is 39.5 Å². The number of alkyl carbamates (subject to hydrolysis) is 1. The number of nitrogens with one attached hydrogen (secondary N) is 4. The minimum atomic E-state index is -0.584. The Morgan fingerprint density at radius 1 is 1.00 bits per heavy atom. The molecule has 9 heteroatoms. The minimum Gasteiger partial charge on any atom is -0.444 e. The zero-order chi connectivity index (χ0) is 26.7. The van der Waals surface area contributed by atoms with E-state index >= 15 is 0 Å². The third-order valence-electron chi connectivity index (χ3n) is 5.62. The second-order valence-electron chi connectivity index (χ2n) is 9.76. The molecule has 0 aliphatic carbocycles. The van der Waals surface area contributed by atoms with E-state index in [1.54, 1.807) is 6.07 Å². The maximum absolute atomic E-state index is 12.0. The number of halogens is 3. The van der Waals surface area contributed by atoms with Crippen molar-refractivity contribution in [1.29, 1.82) is 0 Å². The summed E-state index contributed by atoms with van der Waals surface area (Å²) in [5.74, 6) is 0.378. The van der Waals surface area contributed by atoms with Crippen molar-refractivity contribution in [2.24, 2.45) is 0 Å². The molecule has 37 heavy (non-hydrogen) atoms. The number of ether oxygens (including phenoxy) is 1. The number of aromatic nitrogens is 1. The average Bonchev–Trinajstić information content (AvgIpc) is 3.16. The summed E-state index contributed by atoms with van der Waals surface area (Å²) in [5, 5.41) is 13.1. The first-order chi connectivity index (χ1) is 17.5. The molecular formula is C28H29Cl3N4O2. The van der Waals surface area contributed by atoms with Crippen LogP contribution in [0.2, 0.25) is 15.1 Å². The quantitative estimate of drug-likeness (QED) is 0.176. The summed E-state index contributed by atoms with van der Waals surface area (Å²) < 4.78 is 5.28. The number of carbonyl (C=O) groups is 1. The lowest BCUT2D eigenvalue weighted by Gasteiger charge is -2.20. The van der Waals surface area contributed by atoms with Gasteiger partial charge in [0.25, 0.3) is 0 Å². The summed E-state index contributed by atoms with van der Waals surface area (Å²) in [5.41, 5.74) is 4.53. The SMILES string of the molecule is C=C(NCCc1cc(NCc2ccc(Cl)c(Cl)c2)cc2c1[nH]c1ccc(Cl)cc12)NC(=O)OC(C)(C)C. The van der Waals surface area contributed by atoms with Gasteiger partial charge in [-0.3, -0.25) is 5.32 Å². The Bertz CT molecular complexity index is 1470. The van der Waals surface area contributed by atoms with Crippen molar-refractivity contribution in [2.75, 3.05) is 11.9 Å². The summed E-state index contributed by atoms with van der Waals surface area (Å²) >= 11 is 18.6. The predicted octanol–water partition coefficient (Wildman–Crippen LogP) is 8.02. The van der Waals surface area contributed by atoms with E-state index in [0.29, 0.717) is 40.4 Å². The molecular weight excluding hydrogens is 531 g/mol. The monoisotopic (exact) mass is 558 g/mol. The van der Waals surface area contributed by atoms with Crippen molar-refractivity contribution < 1.29 is 9.53 Å². The van der Waals surface area contributed by atoms with Gasteiger partial charge in [-0.05, 0) is 80.8 Å². The van der Waals surface area contributed by atoms with Crippen LogP contribution in [0.15, 0.2) is 60.9 Å². The second kappa shape index (κ2) is 11.1. The molecule has 0 atom stereocenters. The third-order valence-corrected chi connectivity index (χ3v) is 6.59. The van der Waals surface area contributed by atoms with Crippen LogP contribution in [-0.4, -0.2) is 23.2 Å². The molecule has 1 amide bonds. The Kier molecular flexibility index (Phi) is 8.12. The molecule has 1 aromatic heterocycles. The van der Waals surface area contributed by atoms with E-state index < -0.39 is 11.7 Å². The number of anilines is 1. The Balaban J connectivity index is 1.54. The van der Waals surface area contributed by atoms with Gasteiger partial charge in [-0.2, -0.15) is 0 Å². The fraction of sp³-hybridized carbons (Fsp3) is 0.250. The second-order valence-corrected chi connectivity index (χ2v) is 11.0. The van der Waals surface area contributed by atoms with Crippen molar-refractivity contribution >= 4 is 68.4 Å². The highest BCUT2D eigenvalue weighted by Gasteiger charge is 2.16. The van der Waals surface area contributed by atoms with Gasteiger partial charge < -0.3 is 20.4 Å². The van der Waals surface area contributed by atoms with E-state index in [2.05, 4.69) is 39.6 Å². The van der Waals surface area contributed by atoms with Gasteiger partial charge in [0, 0.05) is 45.6 Å². The minimum absolute atomic E-state index is 0.378. The van der Waals surface area contributed by atoms with Gasteiger partial charge in [-0.1, -0.05) is 47.4 Å². The molecule has 0 aliphatic heterocycles. The van der Waals surface area contributed by atoms with Gasteiger partial charge in [0.05, 0.1) is 10.0 Å². The molecule has 0 fully saturated rings. The normalized spacial score (nSPS) is 11.5. The lowest BCUT2D eigenvalue weighted by Crippen LogP contribution is -2.36. The van der Waals surface area contributed by atoms with E-state index in [9.17, 15) is 4.79 Å². The van der Waals surface area contributed by atoms with Crippen LogP contribution in [0.25, 0.3) is 21.8 Å². The number of aromatic amines is 1. The molecule has 0 spiro atoms. The van der Waals surface area contributed by atoms with Crippen LogP contribution < -0.4 is 16.0 Å². The van der Waals surface area contributed by atoms with E-state index in [1.807, 2.05) is 51.1 Å². The molecule has 6 nitrogen and oxygen atoms in total. The van der Waals surface area contributed by atoms with Gasteiger partial charge in [0.1, 0.15) is 11.4 Å². The van der Waals surface area contributed by atoms with Crippen LogP contribution in [0.1, 0.15) is 31.9 Å². The van der Waals surface area contributed by atoms with Crippen molar-refractivity contribution in [3.05, 3.63) is 87.1 Å². The summed E-state index contributed by atoms with van der Waals surface area (Å²) in [4.78, 5) is 15.5. The summed E-state index contributed by atoms with van der Waals surface area (Å²) in [6, 6.07) is 15.6. The Hall–Kier alpha value is -3.06. The molecule has 4 aromatic rings. The highest BCUT2D eigenvalue weighted by molar-refractivity contribution is 6.42. The fourth-order valence-electron chi connectivity index (χ4n) is 4.02. The van der Waals surface area contributed by atoms with Crippen molar-refractivity contribution in [3.63, 3.8) is 0 Å². The number of carbonyl (C=O) groups excluding carboxylic acids is 1. The Morgan fingerprint density at radius 3 is 2.51 bits per heavy atom. The molecule has 4 N–H and O–H groups in total. The smallest absolute Gasteiger partial charge is 0.413 e. The van der Waals surface area contributed by atoms with Crippen molar-refractivity contribution in [1.82, 2.24) is 15.6 Å². The van der Waals surface area contributed by atoms with E-state index in [1.165, 1.54) is 0 Å². The number of hydrogen-bond donors (Lipinski definition) is 4. The maximum atomic E-state index is 12.0. The predicted molar refractivity (Wildman–Crippen MR) is 155 cm³/mol. The molecule has 4 rings (SSSR count). The van der Waals surface area contributed by atoms with Crippen molar-refractivity contribution in [3.8, 4) is 0 Å². The van der Waals surface area contributed by atoms with Gasteiger partial charge in [0.2, 0.25) is 0 Å². The molecule has 3 aromatic carbocycles. The largest absolute Gasteiger partial charge is 0.444 e. The lowest BCUT2D eigenvalue weighted by molar-refractivity contribution is 0.0542. The fourth-order valence-corrected chi connectivity index (χ4v) is 4.51. The number of H-pyrrole nitrogens is 1. The van der Waals surface area contributed by atoms with Crippen LogP contribution in [0, 0.1) is 0 Å². The van der Waals surface area contributed by atoms with Crippen LogP contribution in [0.3, 0.4) is 0 Å². The number of hydrogen-bond acceptors (Lipinski definition) is 4. The Labute approximate surface area is 231 Å². The zero-order valence-corrected chi connectivity index (χ0v) is 23.2. The van der Waals surface area contributed by atoms with Gasteiger partial charge in [-0.25, -0.2) is 4.79 Å². The highest BCUT2D eigenvalue weighted by Crippen LogP contribution is 2.33. The van der Waals surface area contributed by atoms with Crippen LogP contribution in [0.4, 0.5) is 10.5 Å². The number of amides is 1. The Morgan fingerprint density at radius 2 is 1.78 bits per heavy atom. The third kappa shape index (κ3) is 7.04. The number of benzene rings is 3. The first-order valence-corrected chi connectivity index (χ1v) is 13.0. The molecule has 0 unspecified atom stereocenters. The molecule has 194 valence electrons. The first-order valence-electron chi connectivity index (χ1n) is 11.8. The lowest BCUT2D eigenvalue weighted by atomic mass is 10.0. The van der Waals surface area contributed by atoms with Gasteiger partial charge in [0.15, 0.2) is 0 Å². The standard InChI is InChI=1S/C28H29Cl3N4O2/c1-16(34-27(36)37-28(2,3)4)32-10-9-18-12-20(33-15-17-5-7-23(30)24(31)11-17)14-22-21-13-19(29)6-8-25(21)35-26(18)22/h5-8,11-14,32-33,35H,1,9-10,15H2,2-4H3,(H,34,36). The average molecular weight is 560 g/mol. The molecule has 0 bridgehead atoms. The summed E-state index contributed by atoms with van der Waals surface area (Å²) in [6.07, 6.45) is 0.127. The van der Waals surface area contributed by atoms with Crippen LogP contribution in [0.5, 0.6) is 0 Å². The van der Waals surface area contributed by atoms with Crippen LogP contribution in [-0.2, 0) is 17.7 Å². The zero-order valence-electron chi connectivity index (χ0n) is 20.9. The number of fused-ring (bicyclic) bond motifs is 3. The van der Waals surface area contributed by atoms with Crippen LogP contribution >= 0.6 is 34.8 Å². The van der Waals surface area contributed by atoms with Gasteiger partial charge in [-0.15, -0.1) is 0 Å². The molecule has 1 heterocycles. The topological polar surface area (TPSA) is 78.2 Å². The summed E-state index contributed by atoms with van der Waals surface area (Å²) in [6.45, 7) is 10.4. The van der Waals surface area contributed by atoms with Gasteiger partial charge >= 0.3 is 6.09 Å². The molecule has 0 saturated heterocycles. The van der Waals surface area contributed by atoms with E-state index in [-0.39, 0.29) is 0 Å². The number of rotatable bonds is 8.